The number of carboxylic acid groups (broad SMARTS) is 1. The molecule has 1 aliphatic heterocycles. The highest BCUT2D eigenvalue weighted by atomic mass is 32.2. The normalized spacial score (nSPS) is 14.3. The summed E-state index contributed by atoms with van der Waals surface area (Å²) in [5, 5.41) is 9.35. The van der Waals surface area contributed by atoms with Crippen molar-refractivity contribution in [3.63, 3.8) is 0 Å². The van der Waals surface area contributed by atoms with Crippen LogP contribution in [0.5, 0.6) is 0 Å². The first-order chi connectivity index (χ1) is 14.9. The van der Waals surface area contributed by atoms with Gasteiger partial charge in [0.05, 0.1) is 23.7 Å². The highest BCUT2D eigenvalue weighted by molar-refractivity contribution is 7.92. The number of sulfonamides is 1. The van der Waals surface area contributed by atoms with Crippen molar-refractivity contribution in [2.24, 2.45) is 0 Å². The summed E-state index contributed by atoms with van der Waals surface area (Å²) in [5.74, 6) is -1.19. The smallest absolute Gasteiger partial charge is 0.335 e. The second-order valence-electron chi connectivity index (χ2n) is 7.13. The van der Waals surface area contributed by atoms with E-state index in [1.165, 1.54) is 18.2 Å². The molecule has 1 saturated heterocycles. The summed E-state index contributed by atoms with van der Waals surface area (Å²) in [7, 11) is -4.03. The summed E-state index contributed by atoms with van der Waals surface area (Å²) in [5.41, 5.74) is 2.41. The zero-order valence-corrected chi connectivity index (χ0v) is 17.5. The molecule has 0 aliphatic carbocycles. The van der Waals surface area contributed by atoms with E-state index in [9.17, 15) is 18.3 Å². The van der Waals surface area contributed by atoms with Gasteiger partial charge < -0.3 is 14.7 Å². The molecule has 0 aromatic heterocycles. The average molecular weight is 439 g/mol. The van der Waals surface area contributed by atoms with Crippen molar-refractivity contribution in [2.75, 3.05) is 35.9 Å². The second kappa shape index (κ2) is 8.79. The monoisotopic (exact) mass is 438 g/mol. The minimum Gasteiger partial charge on any atom is -0.478 e. The number of nitrogens with one attached hydrogen (secondary N) is 1. The predicted octanol–water partition coefficient (Wildman–Crippen LogP) is 3.69. The van der Waals surface area contributed by atoms with Gasteiger partial charge in [-0.15, -0.1) is 0 Å². The van der Waals surface area contributed by atoms with E-state index < -0.39 is 16.0 Å². The number of anilines is 2. The molecule has 3 aromatic carbocycles. The van der Waals surface area contributed by atoms with Crippen LogP contribution in [0.25, 0.3) is 11.1 Å². The van der Waals surface area contributed by atoms with Crippen molar-refractivity contribution in [2.45, 2.75) is 4.90 Å². The van der Waals surface area contributed by atoms with Gasteiger partial charge in [0, 0.05) is 30.0 Å². The van der Waals surface area contributed by atoms with Crippen LogP contribution in [0.4, 0.5) is 11.4 Å². The number of carbonyl (C=O) groups is 1. The maximum absolute atomic E-state index is 13.2. The van der Waals surface area contributed by atoms with Gasteiger partial charge in [0.1, 0.15) is 0 Å². The first-order valence-corrected chi connectivity index (χ1v) is 11.3. The molecular weight excluding hydrogens is 416 g/mol. The van der Waals surface area contributed by atoms with Gasteiger partial charge in [-0.05, 0) is 42.0 Å². The largest absolute Gasteiger partial charge is 0.478 e. The van der Waals surface area contributed by atoms with E-state index in [4.69, 9.17) is 4.74 Å². The molecule has 0 unspecified atom stereocenters. The number of benzene rings is 3. The van der Waals surface area contributed by atoms with Gasteiger partial charge in [-0.3, -0.25) is 4.72 Å². The minimum absolute atomic E-state index is 0.0872. The highest BCUT2D eigenvalue weighted by Gasteiger charge is 2.22. The van der Waals surface area contributed by atoms with E-state index in [0.29, 0.717) is 30.0 Å². The maximum Gasteiger partial charge on any atom is 0.335 e. The summed E-state index contributed by atoms with van der Waals surface area (Å²) in [6.07, 6.45) is 0. The quantitative estimate of drug-likeness (QED) is 0.609. The number of nitrogens with zero attached hydrogens (tertiary/aromatic N) is 1. The third-order valence-electron chi connectivity index (χ3n) is 5.10. The van der Waals surface area contributed by atoms with Gasteiger partial charge in [-0.1, -0.05) is 36.4 Å². The molecular formula is C23H22N2O5S. The van der Waals surface area contributed by atoms with E-state index in [1.54, 1.807) is 36.4 Å². The Bertz CT molecular complexity index is 1170. The van der Waals surface area contributed by atoms with Crippen molar-refractivity contribution < 1.29 is 23.1 Å². The lowest BCUT2D eigenvalue weighted by molar-refractivity contribution is 0.0696. The Morgan fingerprint density at radius 3 is 2.26 bits per heavy atom. The summed E-state index contributed by atoms with van der Waals surface area (Å²) >= 11 is 0. The van der Waals surface area contributed by atoms with Crippen LogP contribution in [0, 0.1) is 0 Å². The first kappa shape index (κ1) is 20.9. The molecule has 2 N–H and O–H groups in total. The van der Waals surface area contributed by atoms with Crippen LogP contribution in [0.2, 0.25) is 0 Å². The van der Waals surface area contributed by atoms with Crippen LogP contribution in [0.15, 0.2) is 77.7 Å². The molecule has 1 aliphatic rings. The Kier molecular flexibility index (Phi) is 5.92. The lowest BCUT2D eigenvalue weighted by Crippen LogP contribution is -2.36. The molecule has 0 saturated carbocycles. The zero-order valence-electron chi connectivity index (χ0n) is 16.7. The summed E-state index contributed by atoms with van der Waals surface area (Å²) in [4.78, 5) is 13.5. The molecule has 0 atom stereocenters. The standard InChI is InChI=1S/C23H22N2O5S/c26-23(27)18-6-11-21(17-4-2-1-3-5-17)22(16-18)31(28,29)24-19-7-9-20(10-8-19)25-12-14-30-15-13-25/h1-11,16,24H,12-15H2,(H,26,27). The number of morpholine rings is 1. The van der Waals surface area contributed by atoms with Crippen LogP contribution >= 0.6 is 0 Å². The zero-order chi connectivity index (χ0) is 21.8. The lowest BCUT2D eigenvalue weighted by atomic mass is 10.0. The van der Waals surface area contributed by atoms with Crippen LogP contribution in [0.3, 0.4) is 0 Å². The Hall–Kier alpha value is -3.36. The third kappa shape index (κ3) is 4.70. The number of hydrogen-bond donors (Lipinski definition) is 2. The van der Waals surface area contributed by atoms with Crippen LogP contribution < -0.4 is 9.62 Å². The maximum atomic E-state index is 13.2. The molecule has 7 nitrogen and oxygen atoms in total. The molecule has 160 valence electrons. The molecule has 31 heavy (non-hydrogen) atoms. The molecule has 0 amide bonds. The van der Waals surface area contributed by atoms with E-state index >= 15 is 0 Å². The van der Waals surface area contributed by atoms with Gasteiger partial charge in [-0.25, -0.2) is 13.2 Å². The minimum atomic E-state index is -4.03. The summed E-state index contributed by atoms with van der Waals surface area (Å²) < 4.78 is 34.4. The Balaban J connectivity index is 1.66. The fourth-order valence-corrected chi connectivity index (χ4v) is 4.82. The molecule has 3 aromatic rings. The Labute approximate surface area is 181 Å². The van der Waals surface area contributed by atoms with Gasteiger partial charge in [0.15, 0.2) is 0 Å². The number of hydrogen-bond acceptors (Lipinski definition) is 5. The average Bonchev–Trinajstić information content (AvgIpc) is 2.80. The highest BCUT2D eigenvalue weighted by Crippen LogP contribution is 2.30. The van der Waals surface area contributed by atoms with Crippen molar-refractivity contribution in [3.8, 4) is 11.1 Å². The van der Waals surface area contributed by atoms with Gasteiger partial charge in [0.25, 0.3) is 10.0 Å². The molecule has 8 heteroatoms. The van der Waals surface area contributed by atoms with Gasteiger partial charge in [-0.2, -0.15) is 0 Å². The number of carboxylic acids is 1. The SMILES string of the molecule is O=C(O)c1ccc(-c2ccccc2)c(S(=O)(=O)Nc2ccc(N3CCOCC3)cc2)c1. The van der Waals surface area contributed by atoms with Crippen molar-refractivity contribution in [1.82, 2.24) is 0 Å². The second-order valence-corrected chi connectivity index (χ2v) is 8.78. The summed E-state index contributed by atoms with van der Waals surface area (Å²) in [6, 6.07) is 20.2. The number of ether oxygens (including phenoxy) is 1. The van der Waals surface area contributed by atoms with Crippen molar-refractivity contribution in [3.05, 3.63) is 78.4 Å². The molecule has 1 fully saturated rings. The fraction of sp³-hybridized carbons (Fsp3) is 0.174. The molecule has 4 rings (SSSR count). The lowest BCUT2D eigenvalue weighted by Gasteiger charge is -2.28. The molecule has 0 spiro atoms. The van der Waals surface area contributed by atoms with E-state index in [-0.39, 0.29) is 10.5 Å². The van der Waals surface area contributed by atoms with Crippen molar-refractivity contribution in [1.29, 1.82) is 0 Å². The van der Waals surface area contributed by atoms with E-state index in [2.05, 4.69) is 9.62 Å². The van der Waals surface area contributed by atoms with Crippen LogP contribution in [-0.4, -0.2) is 45.8 Å². The first-order valence-electron chi connectivity index (χ1n) is 9.82. The Morgan fingerprint density at radius 1 is 0.935 bits per heavy atom. The number of aromatic carboxylic acids is 1. The van der Waals surface area contributed by atoms with Crippen LogP contribution in [0.1, 0.15) is 10.4 Å². The van der Waals surface area contributed by atoms with Gasteiger partial charge >= 0.3 is 5.97 Å². The van der Waals surface area contributed by atoms with E-state index in [1.807, 2.05) is 18.2 Å². The topological polar surface area (TPSA) is 95.9 Å². The molecule has 0 radical (unpaired) electrons. The fourth-order valence-electron chi connectivity index (χ4n) is 3.51. The van der Waals surface area contributed by atoms with E-state index in [0.717, 1.165) is 18.8 Å². The Morgan fingerprint density at radius 2 is 1.61 bits per heavy atom. The van der Waals surface area contributed by atoms with Gasteiger partial charge in [0.2, 0.25) is 0 Å². The number of rotatable bonds is 6. The summed E-state index contributed by atoms with van der Waals surface area (Å²) in [6.45, 7) is 2.90. The van der Waals surface area contributed by atoms with Crippen molar-refractivity contribution >= 4 is 27.4 Å². The van der Waals surface area contributed by atoms with Crippen LogP contribution in [-0.2, 0) is 14.8 Å². The predicted molar refractivity (Wildman–Crippen MR) is 119 cm³/mol. The molecule has 1 heterocycles. The molecule has 0 bridgehead atoms. The third-order valence-corrected chi connectivity index (χ3v) is 6.52.